The van der Waals surface area contributed by atoms with E-state index in [4.69, 9.17) is 32.7 Å². The van der Waals surface area contributed by atoms with Gasteiger partial charge in [0.25, 0.3) is 0 Å². The van der Waals surface area contributed by atoms with E-state index in [2.05, 4.69) is 12.1 Å². The summed E-state index contributed by atoms with van der Waals surface area (Å²) in [5.41, 5.74) is 1.18. The number of benzene rings is 1. The molecule has 4 heteroatoms. The Morgan fingerprint density at radius 2 is 1.70 bits per heavy atom. The van der Waals surface area contributed by atoms with Crippen LogP contribution >= 0.6 is 23.2 Å². The first-order valence-corrected chi connectivity index (χ1v) is 8.06. The van der Waals surface area contributed by atoms with Crippen molar-refractivity contribution in [1.29, 1.82) is 0 Å². The Morgan fingerprint density at radius 3 is 2.30 bits per heavy atom. The summed E-state index contributed by atoms with van der Waals surface area (Å²) in [5.74, 6) is 1.10. The molecule has 0 aliphatic heterocycles. The van der Waals surface area contributed by atoms with Gasteiger partial charge in [0, 0.05) is 44.1 Å². The third-order valence-corrected chi connectivity index (χ3v) is 4.54. The average molecular weight is 319 g/mol. The lowest BCUT2D eigenvalue weighted by Crippen LogP contribution is -2.30. The zero-order valence-electron chi connectivity index (χ0n) is 12.1. The van der Waals surface area contributed by atoms with E-state index in [0.29, 0.717) is 18.4 Å². The Labute approximate surface area is 132 Å². The molecule has 0 fully saturated rings. The first kappa shape index (κ1) is 17.8. The van der Waals surface area contributed by atoms with Crippen molar-refractivity contribution in [2.24, 2.45) is 5.41 Å². The fraction of sp³-hybridized carbons (Fsp3) is 0.625. The van der Waals surface area contributed by atoms with Crippen molar-refractivity contribution in [2.75, 3.05) is 38.7 Å². The van der Waals surface area contributed by atoms with Crippen molar-refractivity contribution < 1.29 is 9.47 Å². The quantitative estimate of drug-likeness (QED) is 0.451. The number of methoxy groups -OCH3 is 1. The second kappa shape index (κ2) is 10.4. The Kier molecular flexibility index (Phi) is 9.28. The second-order valence-corrected chi connectivity index (χ2v) is 5.67. The molecule has 1 rings (SSSR count). The van der Waals surface area contributed by atoms with Crippen LogP contribution in [0.25, 0.3) is 0 Å². The summed E-state index contributed by atoms with van der Waals surface area (Å²) in [6.45, 7) is 2.15. The van der Waals surface area contributed by atoms with Crippen LogP contribution in [-0.2, 0) is 15.9 Å². The van der Waals surface area contributed by atoms with Crippen LogP contribution in [0.5, 0.6) is 0 Å². The molecule has 1 aromatic carbocycles. The molecule has 0 saturated heterocycles. The normalized spacial score (nSPS) is 11.8. The Morgan fingerprint density at radius 1 is 1.00 bits per heavy atom. The van der Waals surface area contributed by atoms with E-state index in [1.165, 1.54) is 5.56 Å². The van der Waals surface area contributed by atoms with Gasteiger partial charge in [-0.15, -0.1) is 23.2 Å². The van der Waals surface area contributed by atoms with Crippen LogP contribution in [-0.4, -0.2) is 38.7 Å². The van der Waals surface area contributed by atoms with Crippen molar-refractivity contribution in [1.82, 2.24) is 0 Å². The summed E-state index contributed by atoms with van der Waals surface area (Å²) in [7, 11) is 1.70. The van der Waals surface area contributed by atoms with Gasteiger partial charge in [0.15, 0.2) is 0 Å². The maximum Gasteiger partial charge on any atom is 0.0487 e. The van der Waals surface area contributed by atoms with Crippen LogP contribution in [0.3, 0.4) is 0 Å². The standard InChI is InChI=1S/C16H24Cl2O2/c1-19-9-5-10-20-11-8-16(13-17,14-18)12-15-6-3-2-4-7-15/h2-4,6-7H,5,8-14H2,1H3. The molecule has 2 nitrogen and oxygen atoms in total. The molecule has 1 aromatic rings. The molecule has 0 amide bonds. The zero-order valence-corrected chi connectivity index (χ0v) is 13.6. The molecule has 0 aliphatic carbocycles. The third-order valence-electron chi connectivity index (χ3n) is 3.40. The minimum atomic E-state index is -0.0915. The topological polar surface area (TPSA) is 18.5 Å². The van der Waals surface area contributed by atoms with Crippen LogP contribution in [0.2, 0.25) is 0 Å². The SMILES string of the molecule is COCCCOCCC(CCl)(CCl)Cc1ccccc1. The van der Waals surface area contributed by atoms with Crippen molar-refractivity contribution >= 4 is 23.2 Å². The molecule has 114 valence electrons. The first-order valence-electron chi connectivity index (χ1n) is 6.99. The fourth-order valence-electron chi connectivity index (χ4n) is 2.08. The minimum Gasteiger partial charge on any atom is -0.385 e. The van der Waals surface area contributed by atoms with Gasteiger partial charge in [0.1, 0.15) is 0 Å². The highest BCUT2D eigenvalue weighted by Gasteiger charge is 2.28. The predicted molar refractivity (Wildman–Crippen MR) is 85.9 cm³/mol. The lowest BCUT2D eigenvalue weighted by molar-refractivity contribution is 0.0842. The summed E-state index contributed by atoms with van der Waals surface area (Å²) in [4.78, 5) is 0. The minimum absolute atomic E-state index is 0.0915. The molecule has 0 spiro atoms. The molecule has 20 heavy (non-hydrogen) atoms. The van der Waals surface area contributed by atoms with Crippen LogP contribution < -0.4 is 0 Å². The van der Waals surface area contributed by atoms with Crippen molar-refractivity contribution in [3.05, 3.63) is 35.9 Å². The van der Waals surface area contributed by atoms with Gasteiger partial charge in [-0.2, -0.15) is 0 Å². The summed E-state index contributed by atoms with van der Waals surface area (Å²) in [6, 6.07) is 10.3. The second-order valence-electron chi connectivity index (χ2n) is 5.14. The number of hydrogen-bond acceptors (Lipinski definition) is 2. The smallest absolute Gasteiger partial charge is 0.0487 e. The van der Waals surface area contributed by atoms with Gasteiger partial charge in [0.05, 0.1) is 0 Å². The zero-order chi connectivity index (χ0) is 14.7. The summed E-state index contributed by atoms with van der Waals surface area (Å²) in [5, 5.41) is 0. The molecule has 0 unspecified atom stereocenters. The van der Waals surface area contributed by atoms with E-state index in [1.807, 2.05) is 18.2 Å². The maximum absolute atomic E-state index is 6.18. The molecule has 0 bridgehead atoms. The monoisotopic (exact) mass is 318 g/mol. The van der Waals surface area contributed by atoms with Gasteiger partial charge in [0.2, 0.25) is 0 Å². The fourth-order valence-corrected chi connectivity index (χ4v) is 2.82. The van der Waals surface area contributed by atoms with Crippen molar-refractivity contribution in [3.8, 4) is 0 Å². The maximum atomic E-state index is 6.18. The van der Waals surface area contributed by atoms with E-state index >= 15 is 0 Å². The number of ether oxygens (including phenoxy) is 2. The van der Waals surface area contributed by atoms with Crippen LogP contribution in [0.1, 0.15) is 18.4 Å². The van der Waals surface area contributed by atoms with Gasteiger partial charge in [-0.05, 0) is 24.8 Å². The average Bonchev–Trinajstić information content (AvgIpc) is 2.50. The van der Waals surface area contributed by atoms with E-state index in [-0.39, 0.29) is 5.41 Å². The number of halogens is 2. The van der Waals surface area contributed by atoms with E-state index < -0.39 is 0 Å². The first-order chi connectivity index (χ1) is 9.76. The Balaban J connectivity index is 2.41. The van der Waals surface area contributed by atoms with Crippen molar-refractivity contribution in [2.45, 2.75) is 19.3 Å². The highest BCUT2D eigenvalue weighted by atomic mass is 35.5. The van der Waals surface area contributed by atoms with Crippen LogP contribution in [0, 0.1) is 5.41 Å². The number of hydrogen-bond donors (Lipinski definition) is 0. The molecule has 0 radical (unpaired) electrons. The van der Waals surface area contributed by atoms with E-state index in [9.17, 15) is 0 Å². The van der Waals surface area contributed by atoms with Gasteiger partial charge in [-0.1, -0.05) is 30.3 Å². The summed E-state index contributed by atoms with van der Waals surface area (Å²) < 4.78 is 10.6. The summed E-state index contributed by atoms with van der Waals surface area (Å²) in [6.07, 6.45) is 2.69. The molecule has 0 heterocycles. The predicted octanol–water partition coefficient (Wildman–Crippen LogP) is 4.14. The molecule has 0 atom stereocenters. The van der Waals surface area contributed by atoms with Crippen molar-refractivity contribution in [3.63, 3.8) is 0 Å². The molecule has 0 saturated carbocycles. The lowest BCUT2D eigenvalue weighted by Gasteiger charge is -2.29. The molecule has 0 aromatic heterocycles. The van der Waals surface area contributed by atoms with Gasteiger partial charge < -0.3 is 9.47 Å². The molecular weight excluding hydrogens is 295 g/mol. The van der Waals surface area contributed by atoms with E-state index in [0.717, 1.165) is 32.5 Å². The lowest BCUT2D eigenvalue weighted by atomic mass is 9.82. The Hall–Kier alpha value is -0.280. The third kappa shape index (κ3) is 6.45. The molecule has 0 aliphatic rings. The van der Waals surface area contributed by atoms with Gasteiger partial charge >= 0.3 is 0 Å². The van der Waals surface area contributed by atoms with Gasteiger partial charge in [-0.25, -0.2) is 0 Å². The number of rotatable bonds is 11. The highest BCUT2D eigenvalue weighted by Crippen LogP contribution is 2.30. The van der Waals surface area contributed by atoms with Crippen LogP contribution in [0.4, 0.5) is 0 Å². The molecule has 0 N–H and O–H groups in total. The van der Waals surface area contributed by atoms with Gasteiger partial charge in [-0.3, -0.25) is 0 Å². The highest BCUT2D eigenvalue weighted by molar-refractivity contribution is 6.21. The summed E-state index contributed by atoms with van der Waals surface area (Å²) >= 11 is 12.4. The largest absolute Gasteiger partial charge is 0.385 e. The Bertz CT molecular complexity index is 340. The number of alkyl halides is 2. The molecular formula is C16H24Cl2O2. The van der Waals surface area contributed by atoms with Crippen LogP contribution in [0.15, 0.2) is 30.3 Å². The van der Waals surface area contributed by atoms with E-state index in [1.54, 1.807) is 7.11 Å².